The predicted octanol–water partition coefficient (Wildman–Crippen LogP) is 2.02. The van der Waals surface area contributed by atoms with Crippen molar-refractivity contribution in [2.45, 2.75) is 0 Å². The fourth-order valence-electron chi connectivity index (χ4n) is 1.42. The van der Waals surface area contributed by atoms with Crippen LogP contribution in [0.4, 0.5) is 0 Å². The van der Waals surface area contributed by atoms with Crippen LogP contribution in [0.25, 0.3) is 11.9 Å². The Kier molecular flexibility index (Phi) is 3.25. The summed E-state index contributed by atoms with van der Waals surface area (Å²) in [6, 6.07) is 7.27. The van der Waals surface area contributed by atoms with Crippen LogP contribution in [0.3, 0.4) is 0 Å². The number of halogens is 1. The maximum Gasteiger partial charge on any atom is 0.241 e. The van der Waals surface area contributed by atoms with E-state index in [-0.39, 0.29) is 0 Å². The normalized spacial score (nSPS) is 10.9. The fraction of sp³-hybridized carbons (Fsp3) is 0. The Hall–Kier alpha value is -2.07. The van der Waals surface area contributed by atoms with Crippen molar-refractivity contribution < 1.29 is 4.79 Å². The van der Waals surface area contributed by atoms with Gasteiger partial charge in [0.1, 0.15) is 5.82 Å². The van der Waals surface area contributed by atoms with Crippen molar-refractivity contribution in [2.75, 3.05) is 0 Å². The summed E-state index contributed by atoms with van der Waals surface area (Å²) in [6.07, 6.45) is 6.36. The highest BCUT2D eigenvalue weighted by molar-refractivity contribution is 6.30. The molecule has 2 aromatic rings. The van der Waals surface area contributed by atoms with E-state index in [1.54, 1.807) is 24.4 Å². The van der Waals surface area contributed by atoms with E-state index in [2.05, 4.69) is 4.98 Å². The number of hydrogen-bond acceptors (Lipinski definition) is 2. The molecule has 2 heterocycles. The van der Waals surface area contributed by atoms with Crippen molar-refractivity contribution in [2.24, 2.45) is 5.73 Å². The zero-order valence-electron chi connectivity index (χ0n) is 8.88. The summed E-state index contributed by atoms with van der Waals surface area (Å²) in [5.41, 5.74) is 5.87. The first-order chi connectivity index (χ1) is 8.16. The lowest BCUT2D eigenvalue weighted by Crippen LogP contribution is -2.05. The third-order valence-corrected chi connectivity index (χ3v) is 2.38. The SMILES string of the molecule is NC(=O)/C=C\c1cccn1-c1ccc(Cl)cn1. The summed E-state index contributed by atoms with van der Waals surface area (Å²) in [7, 11) is 0. The van der Waals surface area contributed by atoms with E-state index in [1.807, 2.05) is 22.9 Å². The van der Waals surface area contributed by atoms with Crippen molar-refractivity contribution in [1.82, 2.24) is 9.55 Å². The number of nitrogens with zero attached hydrogens (tertiary/aromatic N) is 2. The second-order valence-electron chi connectivity index (χ2n) is 3.37. The first-order valence-corrected chi connectivity index (χ1v) is 5.31. The van der Waals surface area contributed by atoms with Gasteiger partial charge in [-0.1, -0.05) is 11.6 Å². The first-order valence-electron chi connectivity index (χ1n) is 4.93. The highest BCUT2D eigenvalue weighted by atomic mass is 35.5. The van der Waals surface area contributed by atoms with Crippen LogP contribution >= 0.6 is 11.6 Å². The molecule has 0 bridgehead atoms. The largest absolute Gasteiger partial charge is 0.366 e. The van der Waals surface area contributed by atoms with E-state index in [1.165, 1.54) is 6.08 Å². The van der Waals surface area contributed by atoms with Crippen LogP contribution < -0.4 is 5.73 Å². The Morgan fingerprint density at radius 2 is 2.24 bits per heavy atom. The molecule has 0 atom stereocenters. The number of carbonyl (C=O) groups is 1. The summed E-state index contributed by atoms with van der Waals surface area (Å²) in [5.74, 6) is 0.241. The van der Waals surface area contributed by atoms with Gasteiger partial charge in [0.2, 0.25) is 5.91 Å². The van der Waals surface area contributed by atoms with Gasteiger partial charge >= 0.3 is 0 Å². The number of pyridine rings is 1. The topological polar surface area (TPSA) is 60.9 Å². The van der Waals surface area contributed by atoms with Gasteiger partial charge in [-0.05, 0) is 30.3 Å². The molecule has 5 heteroatoms. The quantitative estimate of drug-likeness (QED) is 0.844. The van der Waals surface area contributed by atoms with E-state index in [0.717, 1.165) is 11.5 Å². The number of aromatic nitrogens is 2. The average Bonchev–Trinajstić information content (AvgIpc) is 2.75. The zero-order chi connectivity index (χ0) is 12.3. The molecule has 2 aromatic heterocycles. The van der Waals surface area contributed by atoms with Crippen molar-refractivity contribution in [3.8, 4) is 5.82 Å². The number of hydrogen-bond donors (Lipinski definition) is 1. The van der Waals surface area contributed by atoms with Crippen LogP contribution in [-0.4, -0.2) is 15.5 Å². The molecule has 0 aliphatic rings. The Balaban J connectivity index is 2.36. The van der Waals surface area contributed by atoms with E-state index in [0.29, 0.717) is 5.02 Å². The number of rotatable bonds is 3. The highest BCUT2D eigenvalue weighted by Gasteiger charge is 2.01. The molecule has 86 valence electrons. The molecule has 0 spiro atoms. The third-order valence-electron chi connectivity index (χ3n) is 2.16. The van der Waals surface area contributed by atoms with E-state index in [9.17, 15) is 4.79 Å². The molecule has 0 aliphatic heterocycles. The Morgan fingerprint density at radius 1 is 1.41 bits per heavy atom. The molecule has 17 heavy (non-hydrogen) atoms. The molecule has 2 rings (SSSR count). The molecule has 4 nitrogen and oxygen atoms in total. The Morgan fingerprint density at radius 3 is 2.88 bits per heavy atom. The molecule has 0 radical (unpaired) electrons. The standard InChI is InChI=1S/C12H10ClN3O/c13-9-3-6-12(15-8-9)16-7-1-2-10(16)4-5-11(14)17/h1-8H,(H2,14,17)/b5-4-. The van der Waals surface area contributed by atoms with Crippen molar-refractivity contribution >= 4 is 23.6 Å². The van der Waals surface area contributed by atoms with E-state index >= 15 is 0 Å². The maximum atomic E-state index is 10.7. The minimum absolute atomic E-state index is 0.484. The first kappa shape index (κ1) is 11.4. The molecule has 0 aliphatic carbocycles. The van der Waals surface area contributed by atoms with E-state index in [4.69, 9.17) is 17.3 Å². The van der Waals surface area contributed by atoms with Gasteiger partial charge in [0, 0.05) is 24.2 Å². The van der Waals surface area contributed by atoms with Crippen LogP contribution in [0.1, 0.15) is 5.69 Å². The van der Waals surface area contributed by atoms with Crippen molar-refractivity contribution in [3.05, 3.63) is 53.5 Å². The van der Waals surface area contributed by atoms with Gasteiger partial charge in [-0.2, -0.15) is 0 Å². The average molecular weight is 248 g/mol. The number of primary amides is 1. The summed E-state index contributed by atoms with van der Waals surface area (Å²) >= 11 is 5.77. The van der Waals surface area contributed by atoms with Gasteiger partial charge in [0.15, 0.2) is 0 Å². The molecule has 0 aromatic carbocycles. The van der Waals surface area contributed by atoms with E-state index < -0.39 is 5.91 Å². The lowest BCUT2D eigenvalue weighted by molar-refractivity contribution is -0.113. The molecular formula is C12H10ClN3O. The zero-order valence-corrected chi connectivity index (χ0v) is 9.63. The summed E-state index contributed by atoms with van der Waals surface area (Å²) < 4.78 is 1.83. The highest BCUT2D eigenvalue weighted by Crippen LogP contribution is 2.14. The Labute approximate surface area is 103 Å². The number of carbonyl (C=O) groups excluding carboxylic acids is 1. The lowest BCUT2D eigenvalue weighted by atomic mass is 10.3. The summed E-state index contributed by atoms with van der Waals surface area (Å²) in [5, 5.41) is 0.579. The minimum atomic E-state index is -0.484. The summed E-state index contributed by atoms with van der Waals surface area (Å²) in [6.45, 7) is 0. The smallest absolute Gasteiger partial charge is 0.241 e. The molecule has 0 saturated heterocycles. The predicted molar refractivity (Wildman–Crippen MR) is 66.8 cm³/mol. The number of nitrogens with two attached hydrogens (primary N) is 1. The molecular weight excluding hydrogens is 238 g/mol. The maximum absolute atomic E-state index is 10.7. The van der Waals surface area contributed by atoms with Crippen molar-refractivity contribution in [1.29, 1.82) is 0 Å². The third kappa shape index (κ3) is 2.73. The van der Waals surface area contributed by atoms with Gasteiger partial charge in [-0.3, -0.25) is 4.79 Å². The van der Waals surface area contributed by atoms with Gasteiger partial charge in [-0.15, -0.1) is 0 Å². The Bertz CT molecular complexity index is 557. The molecule has 2 N–H and O–H groups in total. The fourth-order valence-corrected chi connectivity index (χ4v) is 1.53. The summed E-state index contributed by atoms with van der Waals surface area (Å²) in [4.78, 5) is 14.9. The van der Waals surface area contributed by atoms with Crippen LogP contribution in [0, 0.1) is 0 Å². The van der Waals surface area contributed by atoms with Crippen LogP contribution in [0.15, 0.2) is 42.7 Å². The van der Waals surface area contributed by atoms with Gasteiger partial charge in [0.25, 0.3) is 0 Å². The van der Waals surface area contributed by atoms with Gasteiger partial charge in [-0.25, -0.2) is 4.98 Å². The second-order valence-corrected chi connectivity index (χ2v) is 3.81. The monoisotopic (exact) mass is 247 g/mol. The van der Waals surface area contributed by atoms with Crippen molar-refractivity contribution in [3.63, 3.8) is 0 Å². The van der Waals surface area contributed by atoms with Gasteiger partial charge < -0.3 is 10.3 Å². The molecule has 0 saturated carbocycles. The van der Waals surface area contributed by atoms with Crippen LogP contribution in [-0.2, 0) is 4.79 Å². The lowest BCUT2D eigenvalue weighted by Gasteiger charge is -2.04. The molecule has 1 amide bonds. The number of amides is 1. The molecule has 0 fully saturated rings. The van der Waals surface area contributed by atoms with Crippen LogP contribution in [0.2, 0.25) is 5.02 Å². The molecule has 0 unspecified atom stereocenters. The van der Waals surface area contributed by atoms with Gasteiger partial charge in [0.05, 0.1) is 5.02 Å². The minimum Gasteiger partial charge on any atom is -0.366 e. The second kappa shape index (κ2) is 4.84. The van der Waals surface area contributed by atoms with Crippen LogP contribution in [0.5, 0.6) is 0 Å².